The van der Waals surface area contributed by atoms with E-state index >= 15 is 0 Å². The molecule has 5 nitrogen and oxygen atoms in total. The minimum Gasteiger partial charge on any atom is -0.471 e. The maximum Gasteiger partial charge on any atom is 0.237 e. The minimum absolute atomic E-state index is 0.0537. The molecule has 1 aromatic rings. The lowest BCUT2D eigenvalue weighted by Gasteiger charge is -2.13. The lowest BCUT2D eigenvalue weighted by Crippen LogP contribution is -2.20. The number of nitrogens with zero attached hydrogens (tertiary/aromatic N) is 2. The van der Waals surface area contributed by atoms with E-state index in [0.717, 1.165) is 0 Å². The molecular formula is C9H15N3O2. The van der Waals surface area contributed by atoms with Crippen molar-refractivity contribution in [1.29, 1.82) is 0 Å². The Labute approximate surface area is 83.3 Å². The van der Waals surface area contributed by atoms with E-state index in [9.17, 15) is 0 Å². The van der Waals surface area contributed by atoms with Crippen molar-refractivity contribution in [1.82, 2.24) is 9.97 Å². The second-order valence-electron chi connectivity index (χ2n) is 2.90. The van der Waals surface area contributed by atoms with E-state index in [0.29, 0.717) is 24.7 Å². The number of rotatable bonds is 5. The van der Waals surface area contributed by atoms with Gasteiger partial charge in [0.25, 0.3) is 0 Å². The SMILES string of the molecule is COCC(C)Oc1nccnc1CN. The van der Waals surface area contributed by atoms with Gasteiger partial charge in [-0.25, -0.2) is 4.98 Å². The van der Waals surface area contributed by atoms with Crippen molar-refractivity contribution < 1.29 is 9.47 Å². The van der Waals surface area contributed by atoms with Gasteiger partial charge in [0.1, 0.15) is 11.8 Å². The van der Waals surface area contributed by atoms with Gasteiger partial charge in [-0.3, -0.25) is 4.98 Å². The zero-order chi connectivity index (χ0) is 10.4. The Bertz CT molecular complexity index is 281. The standard InChI is InChI=1S/C9H15N3O2/c1-7(6-13-2)14-9-8(5-10)11-3-4-12-9/h3-4,7H,5-6,10H2,1-2H3. The van der Waals surface area contributed by atoms with E-state index < -0.39 is 0 Å². The third-order valence-corrected chi connectivity index (χ3v) is 1.64. The highest BCUT2D eigenvalue weighted by molar-refractivity contribution is 5.16. The second-order valence-corrected chi connectivity index (χ2v) is 2.90. The molecule has 1 atom stereocenters. The summed E-state index contributed by atoms with van der Waals surface area (Å²) in [7, 11) is 1.63. The highest BCUT2D eigenvalue weighted by atomic mass is 16.5. The van der Waals surface area contributed by atoms with Gasteiger partial charge in [0.05, 0.1) is 6.61 Å². The molecule has 0 saturated heterocycles. The first-order valence-corrected chi connectivity index (χ1v) is 4.43. The van der Waals surface area contributed by atoms with Gasteiger partial charge in [-0.05, 0) is 6.92 Å². The smallest absolute Gasteiger partial charge is 0.237 e. The van der Waals surface area contributed by atoms with Crippen LogP contribution in [-0.2, 0) is 11.3 Å². The zero-order valence-corrected chi connectivity index (χ0v) is 8.43. The number of methoxy groups -OCH3 is 1. The van der Waals surface area contributed by atoms with Gasteiger partial charge in [-0.2, -0.15) is 0 Å². The fourth-order valence-corrected chi connectivity index (χ4v) is 1.05. The average Bonchev–Trinajstić information content (AvgIpc) is 2.19. The van der Waals surface area contributed by atoms with Gasteiger partial charge in [-0.15, -0.1) is 0 Å². The molecule has 1 rings (SSSR count). The molecule has 5 heteroatoms. The highest BCUT2D eigenvalue weighted by Crippen LogP contribution is 2.12. The molecule has 0 aliphatic carbocycles. The van der Waals surface area contributed by atoms with Crippen LogP contribution in [0.15, 0.2) is 12.4 Å². The molecule has 0 aliphatic rings. The van der Waals surface area contributed by atoms with Crippen LogP contribution >= 0.6 is 0 Å². The summed E-state index contributed by atoms with van der Waals surface area (Å²) in [6.07, 6.45) is 3.12. The maximum atomic E-state index is 5.50. The first-order valence-electron chi connectivity index (χ1n) is 4.43. The summed E-state index contributed by atoms with van der Waals surface area (Å²) in [6.45, 7) is 2.74. The molecule has 0 bridgehead atoms. The molecule has 0 aliphatic heterocycles. The molecule has 0 aromatic carbocycles. The summed E-state index contributed by atoms with van der Waals surface area (Å²) in [5.41, 5.74) is 6.15. The van der Waals surface area contributed by atoms with Gasteiger partial charge < -0.3 is 15.2 Å². The zero-order valence-electron chi connectivity index (χ0n) is 8.43. The molecule has 1 aromatic heterocycles. The third-order valence-electron chi connectivity index (χ3n) is 1.64. The molecule has 0 radical (unpaired) electrons. The van der Waals surface area contributed by atoms with Gasteiger partial charge in [0, 0.05) is 26.0 Å². The number of hydrogen-bond acceptors (Lipinski definition) is 5. The summed E-state index contributed by atoms with van der Waals surface area (Å²) in [5, 5.41) is 0. The lowest BCUT2D eigenvalue weighted by molar-refractivity contribution is 0.0878. The van der Waals surface area contributed by atoms with E-state index in [1.54, 1.807) is 19.5 Å². The van der Waals surface area contributed by atoms with Crippen LogP contribution in [0.2, 0.25) is 0 Å². The van der Waals surface area contributed by atoms with Gasteiger partial charge in [0.15, 0.2) is 0 Å². The Morgan fingerprint density at radius 2 is 2.14 bits per heavy atom. The molecule has 0 spiro atoms. The van der Waals surface area contributed by atoms with Crippen LogP contribution in [0.3, 0.4) is 0 Å². The molecule has 1 unspecified atom stereocenters. The van der Waals surface area contributed by atoms with Crippen molar-refractivity contribution in [3.8, 4) is 5.88 Å². The Balaban J connectivity index is 2.65. The fraction of sp³-hybridized carbons (Fsp3) is 0.556. The van der Waals surface area contributed by atoms with E-state index in [-0.39, 0.29) is 6.10 Å². The first-order chi connectivity index (χ1) is 6.77. The predicted octanol–water partition coefficient (Wildman–Crippen LogP) is 0.349. The molecule has 0 fully saturated rings. The van der Waals surface area contributed by atoms with E-state index in [2.05, 4.69) is 9.97 Å². The number of hydrogen-bond donors (Lipinski definition) is 1. The molecule has 78 valence electrons. The normalized spacial score (nSPS) is 12.5. The summed E-state index contributed by atoms with van der Waals surface area (Å²) >= 11 is 0. The monoisotopic (exact) mass is 197 g/mol. The Morgan fingerprint density at radius 3 is 2.79 bits per heavy atom. The largest absolute Gasteiger partial charge is 0.471 e. The molecule has 2 N–H and O–H groups in total. The summed E-state index contributed by atoms with van der Waals surface area (Å²) in [4.78, 5) is 8.11. The van der Waals surface area contributed by atoms with E-state index in [4.69, 9.17) is 15.2 Å². The van der Waals surface area contributed by atoms with Crippen molar-refractivity contribution in [3.05, 3.63) is 18.1 Å². The Hall–Kier alpha value is -1.20. The van der Waals surface area contributed by atoms with Crippen molar-refractivity contribution in [2.75, 3.05) is 13.7 Å². The first kappa shape index (κ1) is 10.9. The second kappa shape index (κ2) is 5.51. The van der Waals surface area contributed by atoms with Gasteiger partial charge in [0.2, 0.25) is 5.88 Å². The van der Waals surface area contributed by atoms with E-state index in [1.807, 2.05) is 6.92 Å². The number of nitrogens with two attached hydrogens (primary N) is 1. The van der Waals surface area contributed by atoms with E-state index in [1.165, 1.54) is 0 Å². The molecule has 14 heavy (non-hydrogen) atoms. The predicted molar refractivity (Wildman–Crippen MR) is 51.9 cm³/mol. The fourth-order valence-electron chi connectivity index (χ4n) is 1.05. The quantitative estimate of drug-likeness (QED) is 0.737. The summed E-state index contributed by atoms with van der Waals surface area (Å²) in [5.74, 6) is 0.486. The van der Waals surface area contributed by atoms with Crippen molar-refractivity contribution >= 4 is 0 Å². The summed E-state index contributed by atoms with van der Waals surface area (Å²) < 4.78 is 10.4. The average molecular weight is 197 g/mol. The van der Waals surface area contributed by atoms with Crippen molar-refractivity contribution in [2.45, 2.75) is 19.6 Å². The number of aromatic nitrogens is 2. The Kier molecular flexibility index (Phi) is 4.28. The summed E-state index contributed by atoms with van der Waals surface area (Å²) in [6, 6.07) is 0. The minimum atomic E-state index is -0.0537. The Morgan fingerprint density at radius 1 is 1.43 bits per heavy atom. The molecule has 1 heterocycles. The topological polar surface area (TPSA) is 70.3 Å². The van der Waals surface area contributed by atoms with Crippen LogP contribution < -0.4 is 10.5 Å². The van der Waals surface area contributed by atoms with Crippen molar-refractivity contribution in [2.24, 2.45) is 5.73 Å². The third kappa shape index (κ3) is 2.93. The van der Waals surface area contributed by atoms with Crippen LogP contribution in [-0.4, -0.2) is 29.8 Å². The van der Waals surface area contributed by atoms with Crippen LogP contribution in [0.4, 0.5) is 0 Å². The molecule has 0 saturated carbocycles. The van der Waals surface area contributed by atoms with Crippen LogP contribution in [0.25, 0.3) is 0 Å². The maximum absolute atomic E-state index is 5.50. The van der Waals surface area contributed by atoms with Crippen LogP contribution in [0.1, 0.15) is 12.6 Å². The van der Waals surface area contributed by atoms with Crippen LogP contribution in [0, 0.1) is 0 Å². The molecule has 0 amide bonds. The number of ether oxygens (including phenoxy) is 2. The molecular weight excluding hydrogens is 182 g/mol. The highest BCUT2D eigenvalue weighted by Gasteiger charge is 2.08. The van der Waals surface area contributed by atoms with Crippen LogP contribution in [0.5, 0.6) is 5.88 Å². The van der Waals surface area contributed by atoms with Gasteiger partial charge >= 0.3 is 0 Å². The van der Waals surface area contributed by atoms with Crippen molar-refractivity contribution in [3.63, 3.8) is 0 Å². The van der Waals surface area contributed by atoms with Gasteiger partial charge in [-0.1, -0.05) is 0 Å². The lowest BCUT2D eigenvalue weighted by atomic mass is 10.4.